The van der Waals surface area contributed by atoms with Gasteiger partial charge in [-0.1, -0.05) is 25.1 Å². The first-order valence-electron chi connectivity index (χ1n) is 8.50. The fraction of sp³-hybridized carbons (Fsp3) is 0.556. The summed E-state index contributed by atoms with van der Waals surface area (Å²) in [6.45, 7) is 5.41. The van der Waals surface area contributed by atoms with Crippen molar-refractivity contribution in [3.63, 3.8) is 0 Å². The SMILES string of the molecule is CCCN(C(=O)CC1CCCN1)C(C)C(=O)Nc1ccccc1. The van der Waals surface area contributed by atoms with E-state index in [-0.39, 0.29) is 17.9 Å². The van der Waals surface area contributed by atoms with Gasteiger partial charge in [-0.15, -0.1) is 0 Å². The Kier molecular flexibility index (Phi) is 6.59. The molecule has 2 amide bonds. The summed E-state index contributed by atoms with van der Waals surface area (Å²) in [6.07, 6.45) is 3.47. The monoisotopic (exact) mass is 317 g/mol. The van der Waals surface area contributed by atoms with Gasteiger partial charge in [-0.25, -0.2) is 0 Å². The molecule has 1 fully saturated rings. The molecular weight excluding hydrogens is 290 g/mol. The summed E-state index contributed by atoms with van der Waals surface area (Å²) in [5.74, 6) is -0.0839. The van der Waals surface area contributed by atoms with Crippen LogP contribution in [0.25, 0.3) is 0 Å². The van der Waals surface area contributed by atoms with Crippen LogP contribution in [0.15, 0.2) is 30.3 Å². The van der Waals surface area contributed by atoms with Gasteiger partial charge in [0.15, 0.2) is 0 Å². The number of hydrogen-bond acceptors (Lipinski definition) is 3. The zero-order valence-corrected chi connectivity index (χ0v) is 14.0. The molecule has 23 heavy (non-hydrogen) atoms. The highest BCUT2D eigenvalue weighted by Gasteiger charge is 2.27. The van der Waals surface area contributed by atoms with Gasteiger partial charge in [-0.05, 0) is 44.9 Å². The number of carbonyl (C=O) groups is 2. The molecule has 126 valence electrons. The van der Waals surface area contributed by atoms with Crippen molar-refractivity contribution >= 4 is 17.5 Å². The van der Waals surface area contributed by atoms with Crippen molar-refractivity contribution in [2.45, 2.75) is 51.6 Å². The molecule has 0 bridgehead atoms. The van der Waals surface area contributed by atoms with E-state index >= 15 is 0 Å². The van der Waals surface area contributed by atoms with E-state index in [2.05, 4.69) is 10.6 Å². The first kappa shape index (κ1) is 17.5. The van der Waals surface area contributed by atoms with Crippen LogP contribution < -0.4 is 10.6 Å². The third kappa shape index (κ3) is 5.06. The number of benzene rings is 1. The second-order valence-electron chi connectivity index (χ2n) is 6.12. The van der Waals surface area contributed by atoms with E-state index in [0.29, 0.717) is 13.0 Å². The molecule has 1 saturated heterocycles. The van der Waals surface area contributed by atoms with Gasteiger partial charge in [-0.2, -0.15) is 0 Å². The molecule has 5 heteroatoms. The van der Waals surface area contributed by atoms with E-state index < -0.39 is 6.04 Å². The molecule has 1 aliphatic rings. The van der Waals surface area contributed by atoms with E-state index in [4.69, 9.17) is 0 Å². The Balaban J connectivity index is 1.97. The molecule has 0 saturated carbocycles. The lowest BCUT2D eigenvalue weighted by molar-refractivity contribution is -0.138. The predicted molar refractivity (Wildman–Crippen MR) is 92.2 cm³/mol. The number of nitrogens with zero attached hydrogens (tertiary/aromatic N) is 1. The fourth-order valence-electron chi connectivity index (χ4n) is 2.94. The molecule has 1 aliphatic heterocycles. The van der Waals surface area contributed by atoms with Gasteiger partial charge < -0.3 is 15.5 Å². The van der Waals surface area contributed by atoms with Crippen LogP contribution >= 0.6 is 0 Å². The number of anilines is 1. The highest BCUT2D eigenvalue weighted by Crippen LogP contribution is 2.14. The van der Waals surface area contributed by atoms with Crippen molar-refractivity contribution in [3.05, 3.63) is 30.3 Å². The van der Waals surface area contributed by atoms with Crippen molar-refractivity contribution in [1.82, 2.24) is 10.2 Å². The maximum absolute atomic E-state index is 12.6. The normalized spacial score (nSPS) is 18.4. The first-order valence-corrected chi connectivity index (χ1v) is 8.50. The van der Waals surface area contributed by atoms with Crippen LogP contribution in [0, 0.1) is 0 Å². The highest BCUT2D eigenvalue weighted by atomic mass is 16.2. The number of nitrogens with one attached hydrogen (secondary N) is 2. The predicted octanol–water partition coefficient (Wildman–Crippen LogP) is 2.39. The van der Waals surface area contributed by atoms with E-state index in [1.54, 1.807) is 11.8 Å². The van der Waals surface area contributed by atoms with Crippen LogP contribution in [0.2, 0.25) is 0 Å². The Morgan fingerprint density at radius 1 is 1.35 bits per heavy atom. The largest absolute Gasteiger partial charge is 0.331 e. The lowest BCUT2D eigenvalue weighted by Crippen LogP contribution is -2.47. The van der Waals surface area contributed by atoms with Crippen LogP contribution in [-0.2, 0) is 9.59 Å². The third-order valence-electron chi connectivity index (χ3n) is 4.26. The molecule has 2 atom stereocenters. The molecule has 1 aromatic carbocycles. The van der Waals surface area contributed by atoms with Gasteiger partial charge in [0.05, 0.1) is 0 Å². The minimum atomic E-state index is -0.468. The molecule has 1 aromatic rings. The van der Waals surface area contributed by atoms with E-state index in [0.717, 1.165) is 31.5 Å². The van der Waals surface area contributed by atoms with Crippen molar-refractivity contribution in [3.8, 4) is 0 Å². The van der Waals surface area contributed by atoms with Gasteiger partial charge in [0.1, 0.15) is 6.04 Å². The van der Waals surface area contributed by atoms with Gasteiger partial charge >= 0.3 is 0 Å². The van der Waals surface area contributed by atoms with Gasteiger partial charge in [0, 0.05) is 24.7 Å². The summed E-state index contributed by atoms with van der Waals surface area (Å²) < 4.78 is 0. The lowest BCUT2D eigenvalue weighted by atomic mass is 10.1. The van der Waals surface area contributed by atoms with Crippen molar-refractivity contribution < 1.29 is 9.59 Å². The molecule has 0 aliphatic carbocycles. The Bertz CT molecular complexity index is 512. The minimum absolute atomic E-state index is 0.0574. The van der Waals surface area contributed by atoms with Crippen LogP contribution in [0.5, 0.6) is 0 Å². The van der Waals surface area contributed by atoms with Crippen LogP contribution in [-0.4, -0.2) is 41.9 Å². The lowest BCUT2D eigenvalue weighted by Gasteiger charge is -2.29. The second-order valence-corrected chi connectivity index (χ2v) is 6.12. The van der Waals surface area contributed by atoms with Crippen LogP contribution in [0.4, 0.5) is 5.69 Å². The average Bonchev–Trinajstić information content (AvgIpc) is 3.05. The Labute approximate surface area is 138 Å². The molecule has 2 rings (SSSR count). The fourth-order valence-corrected chi connectivity index (χ4v) is 2.94. The highest BCUT2D eigenvalue weighted by molar-refractivity contribution is 5.96. The molecule has 0 aromatic heterocycles. The molecular formula is C18H27N3O2. The van der Waals surface area contributed by atoms with E-state index in [9.17, 15) is 9.59 Å². The average molecular weight is 317 g/mol. The number of rotatable bonds is 7. The summed E-state index contributed by atoms with van der Waals surface area (Å²) in [6, 6.07) is 9.14. The zero-order chi connectivity index (χ0) is 16.7. The molecule has 0 radical (unpaired) electrons. The Hall–Kier alpha value is -1.88. The Morgan fingerprint density at radius 2 is 2.09 bits per heavy atom. The summed E-state index contributed by atoms with van der Waals surface area (Å²) in [7, 11) is 0. The van der Waals surface area contributed by atoms with Crippen molar-refractivity contribution in [2.24, 2.45) is 0 Å². The van der Waals surface area contributed by atoms with Crippen molar-refractivity contribution in [2.75, 3.05) is 18.4 Å². The third-order valence-corrected chi connectivity index (χ3v) is 4.26. The van der Waals surface area contributed by atoms with E-state index in [1.807, 2.05) is 37.3 Å². The number of para-hydroxylation sites is 1. The van der Waals surface area contributed by atoms with Gasteiger partial charge in [0.2, 0.25) is 11.8 Å². The summed E-state index contributed by atoms with van der Waals surface area (Å²) in [5.41, 5.74) is 0.755. The number of carbonyl (C=O) groups excluding carboxylic acids is 2. The topological polar surface area (TPSA) is 61.4 Å². The maximum Gasteiger partial charge on any atom is 0.246 e. The first-order chi connectivity index (χ1) is 11.1. The van der Waals surface area contributed by atoms with Crippen LogP contribution in [0.1, 0.15) is 39.5 Å². The number of amides is 2. The van der Waals surface area contributed by atoms with Crippen molar-refractivity contribution in [1.29, 1.82) is 0 Å². The molecule has 2 unspecified atom stereocenters. The molecule has 1 heterocycles. The molecule has 0 spiro atoms. The molecule has 2 N–H and O–H groups in total. The number of hydrogen-bond donors (Lipinski definition) is 2. The maximum atomic E-state index is 12.6. The summed E-state index contributed by atoms with van der Waals surface area (Å²) in [5, 5.41) is 6.23. The minimum Gasteiger partial charge on any atom is -0.331 e. The molecule has 5 nitrogen and oxygen atoms in total. The summed E-state index contributed by atoms with van der Waals surface area (Å²) in [4.78, 5) is 26.7. The quantitative estimate of drug-likeness (QED) is 0.812. The summed E-state index contributed by atoms with van der Waals surface area (Å²) >= 11 is 0. The Morgan fingerprint density at radius 3 is 2.70 bits per heavy atom. The standard InChI is InChI=1S/C18H27N3O2/c1-3-12-21(17(22)13-16-10-7-11-19-16)14(2)18(23)20-15-8-5-4-6-9-15/h4-6,8-9,14,16,19H,3,7,10-13H2,1-2H3,(H,20,23). The van der Waals surface area contributed by atoms with E-state index in [1.165, 1.54) is 0 Å². The second kappa shape index (κ2) is 8.67. The van der Waals surface area contributed by atoms with Gasteiger partial charge in [-0.3, -0.25) is 9.59 Å². The van der Waals surface area contributed by atoms with Gasteiger partial charge in [0.25, 0.3) is 0 Å². The zero-order valence-electron chi connectivity index (χ0n) is 14.0. The van der Waals surface area contributed by atoms with Crippen LogP contribution in [0.3, 0.4) is 0 Å². The smallest absolute Gasteiger partial charge is 0.246 e.